The van der Waals surface area contributed by atoms with Crippen LogP contribution in [0.2, 0.25) is 0 Å². The summed E-state index contributed by atoms with van der Waals surface area (Å²) < 4.78 is 13.0. The van der Waals surface area contributed by atoms with E-state index in [-0.39, 0.29) is 48.2 Å². The summed E-state index contributed by atoms with van der Waals surface area (Å²) in [6.45, 7) is 0.0766. The fourth-order valence-corrected chi connectivity index (χ4v) is 2.53. The van der Waals surface area contributed by atoms with Crippen LogP contribution in [0, 0.1) is 17.7 Å². The van der Waals surface area contributed by atoms with Crippen LogP contribution in [0.15, 0.2) is 18.2 Å². The van der Waals surface area contributed by atoms with Crippen LogP contribution < -0.4 is 11.1 Å². The number of carbonyl (C=O) groups is 3. The number of nitrogens with one attached hydrogen (secondary N) is 1. The molecule has 0 aromatic heterocycles. The fraction of sp³-hybridized carbons (Fsp3) is 0.357. The molecule has 0 radical (unpaired) electrons. The number of carbonyl (C=O) groups excluding carboxylic acids is 3. The van der Waals surface area contributed by atoms with Gasteiger partial charge in [0.15, 0.2) is 0 Å². The smallest absolute Gasteiger partial charge is 0.233 e. The Kier molecular flexibility index (Phi) is 3.12. The van der Waals surface area contributed by atoms with Crippen molar-refractivity contribution in [3.63, 3.8) is 0 Å². The summed E-state index contributed by atoms with van der Waals surface area (Å²) in [5.74, 6) is -1.58. The van der Waals surface area contributed by atoms with Crippen LogP contribution in [0.25, 0.3) is 0 Å². The van der Waals surface area contributed by atoms with Gasteiger partial charge in [0.1, 0.15) is 5.82 Å². The third-order valence-electron chi connectivity index (χ3n) is 3.80. The number of fused-ring (bicyclic) bond motifs is 1. The average molecular weight is 291 g/mol. The predicted octanol–water partition coefficient (Wildman–Crippen LogP) is 0.741. The normalized spacial score (nSPS) is 23.2. The lowest BCUT2D eigenvalue weighted by Crippen LogP contribution is -2.35. The largest absolute Gasteiger partial charge is 0.396 e. The quantitative estimate of drug-likeness (QED) is 0.632. The molecule has 2 fully saturated rings. The summed E-state index contributed by atoms with van der Waals surface area (Å²) in [7, 11) is 0. The highest BCUT2D eigenvalue weighted by molar-refractivity contribution is 6.09. The van der Waals surface area contributed by atoms with Gasteiger partial charge >= 0.3 is 0 Å². The molecule has 7 heteroatoms. The first-order chi connectivity index (χ1) is 9.97. The van der Waals surface area contributed by atoms with Crippen molar-refractivity contribution in [3.05, 3.63) is 24.0 Å². The number of imide groups is 1. The highest BCUT2D eigenvalue weighted by atomic mass is 19.1. The summed E-state index contributed by atoms with van der Waals surface area (Å²) >= 11 is 0. The van der Waals surface area contributed by atoms with E-state index in [1.165, 1.54) is 12.1 Å². The number of rotatable bonds is 4. The molecule has 0 bridgehead atoms. The minimum atomic E-state index is -0.555. The SMILES string of the molecule is Nc1cc(NC(=O)CCN2C(=O)C3CC3C2=O)ccc1F. The van der Waals surface area contributed by atoms with Crippen molar-refractivity contribution in [2.75, 3.05) is 17.6 Å². The lowest BCUT2D eigenvalue weighted by atomic mass is 10.2. The number of halogens is 1. The van der Waals surface area contributed by atoms with Crippen molar-refractivity contribution in [1.82, 2.24) is 4.90 Å². The third kappa shape index (κ3) is 2.46. The van der Waals surface area contributed by atoms with E-state index in [4.69, 9.17) is 5.73 Å². The second-order valence-corrected chi connectivity index (χ2v) is 5.31. The first-order valence-corrected chi connectivity index (χ1v) is 6.67. The molecule has 1 saturated carbocycles. The number of amides is 3. The molecular weight excluding hydrogens is 277 g/mol. The Bertz CT molecular complexity index is 626. The van der Waals surface area contributed by atoms with Gasteiger partial charge in [0, 0.05) is 18.7 Å². The van der Waals surface area contributed by atoms with Crippen LogP contribution in [0.5, 0.6) is 0 Å². The number of benzene rings is 1. The van der Waals surface area contributed by atoms with Crippen LogP contribution in [0.4, 0.5) is 15.8 Å². The van der Waals surface area contributed by atoms with Gasteiger partial charge in [-0.3, -0.25) is 19.3 Å². The van der Waals surface area contributed by atoms with Gasteiger partial charge in [-0.2, -0.15) is 0 Å². The van der Waals surface area contributed by atoms with Gasteiger partial charge in [-0.05, 0) is 24.6 Å². The zero-order valence-corrected chi connectivity index (χ0v) is 11.1. The lowest BCUT2D eigenvalue weighted by Gasteiger charge is -2.15. The molecule has 1 aromatic carbocycles. The van der Waals surface area contributed by atoms with Gasteiger partial charge in [0.05, 0.1) is 17.5 Å². The van der Waals surface area contributed by atoms with Gasteiger partial charge < -0.3 is 11.1 Å². The van der Waals surface area contributed by atoms with Crippen molar-refractivity contribution >= 4 is 29.1 Å². The van der Waals surface area contributed by atoms with Gasteiger partial charge in [-0.25, -0.2) is 4.39 Å². The van der Waals surface area contributed by atoms with Gasteiger partial charge in [0.2, 0.25) is 17.7 Å². The van der Waals surface area contributed by atoms with E-state index in [0.717, 1.165) is 11.0 Å². The Hall–Kier alpha value is -2.44. The maximum Gasteiger partial charge on any atom is 0.233 e. The molecule has 21 heavy (non-hydrogen) atoms. The molecule has 2 atom stereocenters. The first-order valence-electron chi connectivity index (χ1n) is 6.67. The Morgan fingerprint density at radius 1 is 1.33 bits per heavy atom. The van der Waals surface area contributed by atoms with Crippen molar-refractivity contribution in [1.29, 1.82) is 0 Å². The molecule has 6 nitrogen and oxygen atoms in total. The van der Waals surface area contributed by atoms with Gasteiger partial charge in [-0.15, -0.1) is 0 Å². The number of piperidine rings is 1. The number of likely N-dealkylation sites (tertiary alicyclic amines) is 1. The summed E-state index contributed by atoms with van der Waals surface area (Å²) in [6.07, 6.45) is 0.656. The first kappa shape index (κ1) is 13.5. The Morgan fingerprint density at radius 3 is 2.62 bits per heavy atom. The Morgan fingerprint density at radius 2 is 2.00 bits per heavy atom. The number of hydrogen-bond acceptors (Lipinski definition) is 4. The Balaban J connectivity index is 1.54. The van der Waals surface area contributed by atoms with E-state index in [9.17, 15) is 18.8 Å². The minimum Gasteiger partial charge on any atom is -0.396 e. The summed E-state index contributed by atoms with van der Waals surface area (Å²) in [5, 5.41) is 2.55. The van der Waals surface area contributed by atoms with Crippen LogP contribution in [0.1, 0.15) is 12.8 Å². The maximum atomic E-state index is 13.0. The minimum absolute atomic E-state index is 0.00814. The molecule has 1 aromatic rings. The third-order valence-corrected chi connectivity index (χ3v) is 3.80. The number of nitrogens with two attached hydrogens (primary N) is 1. The fourth-order valence-electron chi connectivity index (χ4n) is 2.53. The molecule has 3 N–H and O–H groups in total. The van der Waals surface area contributed by atoms with Crippen molar-refractivity contribution in [2.24, 2.45) is 11.8 Å². The Labute approximate surface area is 120 Å². The molecule has 2 aliphatic rings. The molecule has 3 amide bonds. The molecular formula is C14H14FN3O3. The lowest BCUT2D eigenvalue weighted by molar-refractivity contribution is -0.141. The molecule has 1 aliphatic carbocycles. The van der Waals surface area contributed by atoms with Gasteiger partial charge in [-0.1, -0.05) is 0 Å². The highest BCUT2D eigenvalue weighted by Crippen LogP contribution is 2.46. The van der Waals surface area contributed by atoms with Crippen molar-refractivity contribution < 1.29 is 18.8 Å². The number of nitrogens with zero attached hydrogens (tertiary/aromatic N) is 1. The zero-order valence-electron chi connectivity index (χ0n) is 11.1. The van der Waals surface area contributed by atoms with Gasteiger partial charge in [0.25, 0.3) is 0 Å². The molecule has 0 spiro atoms. The van der Waals surface area contributed by atoms with E-state index >= 15 is 0 Å². The standard InChI is InChI=1S/C14H14FN3O3/c15-10-2-1-7(5-11(10)16)17-12(19)3-4-18-13(20)8-6-9(8)14(18)21/h1-2,5,8-9H,3-4,6,16H2,(H,17,19). The number of nitrogen functional groups attached to an aromatic ring is 1. The highest BCUT2D eigenvalue weighted by Gasteiger charge is 2.58. The van der Waals surface area contributed by atoms with Crippen LogP contribution >= 0.6 is 0 Å². The molecule has 1 heterocycles. The number of hydrogen-bond donors (Lipinski definition) is 2. The number of anilines is 2. The van der Waals surface area contributed by atoms with E-state index in [1.807, 2.05) is 0 Å². The van der Waals surface area contributed by atoms with E-state index < -0.39 is 5.82 Å². The molecule has 3 rings (SSSR count). The zero-order chi connectivity index (χ0) is 15.1. The maximum absolute atomic E-state index is 13.0. The molecule has 1 aliphatic heterocycles. The summed E-state index contributed by atoms with van der Waals surface area (Å²) in [5.41, 5.74) is 5.72. The van der Waals surface area contributed by atoms with E-state index in [0.29, 0.717) is 12.1 Å². The molecule has 2 unspecified atom stereocenters. The van der Waals surface area contributed by atoms with E-state index in [1.54, 1.807) is 0 Å². The van der Waals surface area contributed by atoms with Crippen LogP contribution in [0.3, 0.4) is 0 Å². The molecule has 110 valence electrons. The van der Waals surface area contributed by atoms with Crippen molar-refractivity contribution in [2.45, 2.75) is 12.8 Å². The molecule has 1 saturated heterocycles. The topological polar surface area (TPSA) is 92.5 Å². The second-order valence-electron chi connectivity index (χ2n) is 5.31. The summed E-state index contributed by atoms with van der Waals surface area (Å²) in [6, 6.07) is 3.87. The van der Waals surface area contributed by atoms with Crippen molar-refractivity contribution in [3.8, 4) is 0 Å². The van der Waals surface area contributed by atoms with E-state index in [2.05, 4.69) is 5.32 Å². The van der Waals surface area contributed by atoms with Crippen LogP contribution in [-0.4, -0.2) is 29.2 Å². The predicted molar refractivity (Wildman–Crippen MR) is 72.4 cm³/mol. The average Bonchev–Trinajstić information content (AvgIpc) is 3.18. The second kappa shape index (κ2) is 4.83. The summed E-state index contributed by atoms with van der Waals surface area (Å²) in [4.78, 5) is 36.4. The monoisotopic (exact) mass is 291 g/mol. The van der Waals surface area contributed by atoms with Crippen LogP contribution in [-0.2, 0) is 14.4 Å².